The molecule has 0 aliphatic carbocycles. The number of carbonyl (C=O) groups is 1. The van der Waals surface area contributed by atoms with Gasteiger partial charge in [0.05, 0.1) is 12.6 Å². The van der Waals surface area contributed by atoms with Gasteiger partial charge in [0.1, 0.15) is 0 Å². The van der Waals surface area contributed by atoms with Crippen molar-refractivity contribution in [3.8, 4) is 11.3 Å². The van der Waals surface area contributed by atoms with Crippen LogP contribution in [-0.4, -0.2) is 23.2 Å². The monoisotopic (exact) mass is 254 g/mol. The summed E-state index contributed by atoms with van der Waals surface area (Å²) >= 11 is 0. The number of carbonyl (C=O) groups excluding carboxylic acids is 1. The van der Waals surface area contributed by atoms with Crippen LogP contribution in [0.3, 0.4) is 0 Å². The van der Waals surface area contributed by atoms with Gasteiger partial charge in [-0.2, -0.15) is 0 Å². The molecule has 0 N–H and O–H groups in total. The van der Waals surface area contributed by atoms with E-state index in [9.17, 15) is 4.79 Å². The normalized spacial score (nSPS) is 10.6. The molecule has 2 aromatic heterocycles. The summed E-state index contributed by atoms with van der Waals surface area (Å²) in [5.41, 5.74) is 1.89. The summed E-state index contributed by atoms with van der Waals surface area (Å²) in [6, 6.07) is 11.1. The fourth-order valence-corrected chi connectivity index (χ4v) is 1.84. The second-order valence-corrected chi connectivity index (χ2v) is 3.98. The minimum Gasteiger partial charge on any atom is -0.464 e. The van der Waals surface area contributed by atoms with Crippen molar-refractivity contribution in [1.82, 2.24) is 10.1 Å². The van der Waals surface area contributed by atoms with Crippen LogP contribution in [0.15, 0.2) is 47.1 Å². The predicted octanol–water partition coefficient (Wildman–Crippen LogP) is 2.68. The van der Waals surface area contributed by atoms with Crippen molar-refractivity contribution in [2.45, 2.75) is 0 Å². The second kappa shape index (κ2) is 4.53. The van der Waals surface area contributed by atoms with E-state index in [1.165, 1.54) is 7.11 Å². The Morgan fingerprint density at radius 3 is 3.00 bits per heavy atom. The zero-order valence-corrected chi connectivity index (χ0v) is 10.2. The first-order valence-corrected chi connectivity index (χ1v) is 5.68. The van der Waals surface area contributed by atoms with Crippen molar-refractivity contribution < 1.29 is 14.1 Å². The van der Waals surface area contributed by atoms with E-state index < -0.39 is 5.97 Å². The predicted molar refractivity (Wildman–Crippen MR) is 68.6 cm³/mol. The Kier molecular flexibility index (Phi) is 2.72. The Labute approximate surface area is 108 Å². The molecule has 3 rings (SSSR count). The van der Waals surface area contributed by atoms with Gasteiger partial charge in [0.2, 0.25) is 0 Å². The standard InChI is InChI=1S/C14H10N2O3/c1-18-14(17)12-8-13(19-16-12)10-4-5-11-9(7-10)3-2-6-15-11/h2-8H,1H3. The summed E-state index contributed by atoms with van der Waals surface area (Å²) in [6.45, 7) is 0. The SMILES string of the molecule is COC(=O)c1cc(-c2ccc3ncccc3c2)on1. The van der Waals surface area contributed by atoms with Gasteiger partial charge in [0, 0.05) is 23.2 Å². The van der Waals surface area contributed by atoms with Crippen LogP contribution in [0.4, 0.5) is 0 Å². The van der Waals surface area contributed by atoms with Crippen LogP contribution >= 0.6 is 0 Å². The van der Waals surface area contributed by atoms with E-state index in [0.717, 1.165) is 16.5 Å². The molecule has 0 unspecified atom stereocenters. The Morgan fingerprint density at radius 1 is 1.26 bits per heavy atom. The number of methoxy groups -OCH3 is 1. The molecule has 5 nitrogen and oxygen atoms in total. The molecule has 0 saturated heterocycles. The van der Waals surface area contributed by atoms with Crippen molar-refractivity contribution in [2.75, 3.05) is 7.11 Å². The molecular formula is C14H10N2O3. The van der Waals surface area contributed by atoms with Crippen molar-refractivity contribution in [1.29, 1.82) is 0 Å². The van der Waals surface area contributed by atoms with Crippen LogP contribution in [0, 0.1) is 0 Å². The fourth-order valence-electron chi connectivity index (χ4n) is 1.84. The molecule has 1 aromatic carbocycles. The zero-order chi connectivity index (χ0) is 13.2. The number of benzene rings is 1. The van der Waals surface area contributed by atoms with E-state index in [1.807, 2.05) is 30.3 Å². The zero-order valence-electron chi connectivity index (χ0n) is 10.2. The van der Waals surface area contributed by atoms with E-state index in [-0.39, 0.29) is 5.69 Å². The third kappa shape index (κ3) is 2.06. The Balaban J connectivity index is 2.04. The molecule has 0 amide bonds. The van der Waals surface area contributed by atoms with Gasteiger partial charge in [0.15, 0.2) is 11.5 Å². The quantitative estimate of drug-likeness (QED) is 0.658. The van der Waals surface area contributed by atoms with Crippen LogP contribution < -0.4 is 0 Å². The molecule has 0 spiro atoms. The smallest absolute Gasteiger partial charge is 0.360 e. The van der Waals surface area contributed by atoms with Crippen LogP contribution in [-0.2, 0) is 4.74 Å². The van der Waals surface area contributed by atoms with Gasteiger partial charge in [0.25, 0.3) is 0 Å². The third-order valence-electron chi connectivity index (χ3n) is 2.79. The van der Waals surface area contributed by atoms with E-state index >= 15 is 0 Å². The number of hydrogen-bond acceptors (Lipinski definition) is 5. The summed E-state index contributed by atoms with van der Waals surface area (Å²) in [6.07, 6.45) is 1.74. The highest BCUT2D eigenvalue weighted by atomic mass is 16.5. The lowest BCUT2D eigenvalue weighted by atomic mass is 10.1. The Bertz CT molecular complexity index is 749. The molecule has 3 aromatic rings. The molecule has 0 saturated carbocycles. The number of pyridine rings is 1. The first-order valence-electron chi connectivity index (χ1n) is 5.68. The highest BCUT2D eigenvalue weighted by Crippen LogP contribution is 2.24. The first-order chi connectivity index (χ1) is 9.28. The number of esters is 1. The molecule has 0 atom stereocenters. The molecule has 94 valence electrons. The van der Waals surface area contributed by atoms with Crippen LogP contribution in [0.5, 0.6) is 0 Å². The lowest BCUT2D eigenvalue weighted by molar-refractivity contribution is 0.0589. The van der Waals surface area contributed by atoms with E-state index in [2.05, 4.69) is 14.9 Å². The number of ether oxygens (including phenoxy) is 1. The Hall–Kier alpha value is -2.69. The minimum atomic E-state index is -0.516. The second-order valence-electron chi connectivity index (χ2n) is 3.98. The summed E-state index contributed by atoms with van der Waals surface area (Å²) < 4.78 is 9.74. The average Bonchev–Trinajstić information content (AvgIpc) is 2.95. The summed E-state index contributed by atoms with van der Waals surface area (Å²) in [7, 11) is 1.30. The molecule has 0 fully saturated rings. The van der Waals surface area contributed by atoms with Gasteiger partial charge in [-0.25, -0.2) is 4.79 Å². The van der Waals surface area contributed by atoms with Gasteiger partial charge in [-0.05, 0) is 24.3 Å². The molecule has 5 heteroatoms. The van der Waals surface area contributed by atoms with Crippen molar-refractivity contribution in [3.05, 3.63) is 48.3 Å². The van der Waals surface area contributed by atoms with Gasteiger partial charge in [-0.1, -0.05) is 11.2 Å². The van der Waals surface area contributed by atoms with Crippen molar-refractivity contribution >= 4 is 16.9 Å². The highest BCUT2D eigenvalue weighted by Gasteiger charge is 2.13. The van der Waals surface area contributed by atoms with Crippen LogP contribution in [0.1, 0.15) is 10.5 Å². The maximum absolute atomic E-state index is 11.3. The molecule has 0 aliphatic rings. The molecule has 0 radical (unpaired) electrons. The number of hydrogen-bond donors (Lipinski definition) is 0. The summed E-state index contributed by atoms with van der Waals surface area (Å²) in [4.78, 5) is 15.6. The number of aromatic nitrogens is 2. The van der Waals surface area contributed by atoms with Gasteiger partial charge < -0.3 is 9.26 Å². The van der Waals surface area contributed by atoms with Gasteiger partial charge >= 0.3 is 5.97 Å². The van der Waals surface area contributed by atoms with E-state index in [1.54, 1.807) is 12.3 Å². The van der Waals surface area contributed by atoms with Crippen molar-refractivity contribution in [2.24, 2.45) is 0 Å². The molecule has 0 aliphatic heterocycles. The number of nitrogens with zero attached hydrogens (tertiary/aromatic N) is 2. The van der Waals surface area contributed by atoms with Gasteiger partial charge in [-0.15, -0.1) is 0 Å². The Morgan fingerprint density at radius 2 is 2.16 bits per heavy atom. The average molecular weight is 254 g/mol. The lowest BCUT2D eigenvalue weighted by Crippen LogP contribution is -2.00. The number of fused-ring (bicyclic) bond motifs is 1. The highest BCUT2D eigenvalue weighted by molar-refractivity contribution is 5.89. The summed E-state index contributed by atoms with van der Waals surface area (Å²) in [5, 5.41) is 4.67. The van der Waals surface area contributed by atoms with E-state index in [4.69, 9.17) is 4.52 Å². The fraction of sp³-hybridized carbons (Fsp3) is 0.0714. The number of rotatable bonds is 2. The molecule has 0 bridgehead atoms. The molecular weight excluding hydrogens is 244 g/mol. The van der Waals surface area contributed by atoms with Crippen LogP contribution in [0.25, 0.3) is 22.2 Å². The molecule has 2 heterocycles. The molecule has 19 heavy (non-hydrogen) atoms. The maximum Gasteiger partial charge on any atom is 0.360 e. The minimum absolute atomic E-state index is 0.156. The summed E-state index contributed by atoms with van der Waals surface area (Å²) in [5.74, 6) is 0.00334. The largest absolute Gasteiger partial charge is 0.464 e. The maximum atomic E-state index is 11.3. The van der Waals surface area contributed by atoms with E-state index in [0.29, 0.717) is 5.76 Å². The van der Waals surface area contributed by atoms with Crippen molar-refractivity contribution in [3.63, 3.8) is 0 Å². The van der Waals surface area contributed by atoms with Gasteiger partial charge in [-0.3, -0.25) is 4.98 Å². The van der Waals surface area contributed by atoms with Crippen LogP contribution in [0.2, 0.25) is 0 Å². The lowest BCUT2D eigenvalue weighted by Gasteiger charge is -1.98. The first kappa shape index (κ1) is 11.4. The third-order valence-corrected chi connectivity index (χ3v) is 2.79. The topological polar surface area (TPSA) is 65.2 Å².